The second-order valence-electron chi connectivity index (χ2n) is 7.02. The molecule has 0 fully saturated rings. The number of fused-ring (bicyclic) bond motifs is 2. The molecule has 0 radical (unpaired) electrons. The zero-order valence-electron chi connectivity index (χ0n) is 18.0. The lowest BCUT2D eigenvalue weighted by atomic mass is 10.2. The van der Waals surface area contributed by atoms with Crippen LogP contribution in [0, 0.1) is 20.2 Å². The Hall–Kier alpha value is -4.74. The highest BCUT2D eigenvalue weighted by atomic mass is 16.6. The van der Waals surface area contributed by atoms with E-state index in [2.05, 4.69) is 0 Å². The molecule has 2 aromatic carbocycles. The molecule has 0 spiro atoms. The van der Waals surface area contributed by atoms with Crippen molar-refractivity contribution in [3.05, 3.63) is 81.2 Å². The number of aliphatic carboxylic acids is 1. The van der Waals surface area contributed by atoms with Crippen LogP contribution < -0.4 is 0 Å². The number of carbonyl (C=O) groups is 2. The minimum atomic E-state index is -0.982. The SMILES string of the molecule is CCOC(=O)Cn1ccc2c([N+](=O)[O-])cccc21.O=C(O)Cn1ccc2c([N+](=O)[O-])cccc21. The largest absolute Gasteiger partial charge is 0.480 e. The number of esters is 1. The van der Waals surface area contributed by atoms with Crippen LogP contribution >= 0.6 is 0 Å². The maximum absolute atomic E-state index is 11.4. The predicted molar refractivity (Wildman–Crippen MR) is 121 cm³/mol. The van der Waals surface area contributed by atoms with Crippen molar-refractivity contribution in [2.75, 3.05) is 6.61 Å². The molecule has 2 aromatic heterocycles. The average Bonchev–Trinajstić information content (AvgIpc) is 3.38. The highest BCUT2D eigenvalue weighted by Gasteiger charge is 2.15. The van der Waals surface area contributed by atoms with Crippen LogP contribution in [0.2, 0.25) is 0 Å². The summed E-state index contributed by atoms with van der Waals surface area (Å²) in [5, 5.41) is 31.2. The van der Waals surface area contributed by atoms with Crippen LogP contribution in [-0.2, 0) is 27.4 Å². The first-order valence-corrected chi connectivity index (χ1v) is 10.0. The van der Waals surface area contributed by atoms with E-state index in [0.29, 0.717) is 28.4 Å². The van der Waals surface area contributed by atoms with Gasteiger partial charge in [-0.05, 0) is 31.2 Å². The minimum Gasteiger partial charge on any atom is -0.480 e. The number of carboxylic acid groups (broad SMARTS) is 1. The Morgan fingerprint density at radius 3 is 1.74 bits per heavy atom. The van der Waals surface area contributed by atoms with Crippen LogP contribution in [0.5, 0.6) is 0 Å². The molecule has 0 bridgehead atoms. The van der Waals surface area contributed by atoms with Crippen LogP contribution in [0.15, 0.2) is 60.9 Å². The van der Waals surface area contributed by atoms with E-state index < -0.39 is 15.8 Å². The number of hydrogen-bond acceptors (Lipinski definition) is 7. The third-order valence-electron chi connectivity index (χ3n) is 4.89. The van der Waals surface area contributed by atoms with Gasteiger partial charge in [0.25, 0.3) is 11.4 Å². The Morgan fingerprint density at radius 2 is 1.32 bits per heavy atom. The van der Waals surface area contributed by atoms with Crippen molar-refractivity contribution in [2.24, 2.45) is 0 Å². The van der Waals surface area contributed by atoms with E-state index in [1.165, 1.54) is 22.9 Å². The predicted octanol–water partition coefficient (Wildman–Crippen LogP) is 3.75. The van der Waals surface area contributed by atoms with Gasteiger partial charge in [-0.3, -0.25) is 29.8 Å². The lowest BCUT2D eigenvalue weighted by Crippen LogP contribution is -2.12. The Balaban J connectivity index is 0.000000192. The maximum atomic E-state index is 11.4. The van der Waals surface area contributed by atoms with E-state index in [0.717, 1.165) is 0 Å². The fourth-order valence-electron chi connectivity index (χ4n) is 3.50. The molecular weight excluding hydrogens is 448 g/mol. The highest BCUT2D eigenvalue weighted by molar-refractivity contribution is 5.90. The fraction of sp³-hybridized carbons (Fsp3) is 0.182. The maximum Gasteiger partial charge on any atom is 0.325 e. The lowest BCUT2D eigenvalue weighted by molar-refractivity contribution is -0.383. The van der Waals surface area contributed by atoms with E-state index in [9.17, 15) is 29.8 Å². The summed E-state index contributed by atoms with van der Waals surface area (Å²) < 4.78 is 7.95. The average molecular weight is 468 g/mol. The molecule has 0 unspecified atom stereocenters. The topological polar surface area (TPSA) is 160 Å². The molecule has 176 valence electrons. The molecule has 0 saturated heterocycles. The lowest BCUT2D eigenvalue weighted by Gasteiger charge is -2.04. The van der Waals surface area contributed by atoms with Gasteiger partial charge in [0, 0.05) is 24.5 Å². The van der Waals surface area contributed by atoms with Crippen molar-refractivity contribution in [1.29, 1.82) is 0 Å². The first kappa shape index (κ1) is 23.9. The zero-order valence-corrected chi connectivity index (χ0v) is 18.0. The van der Waals surface area contributed by atoms with Gasteiger partial charge >= 0.3 is 11.9 Å². The number of rotatable bonds is 7. The number of carboxylic acids is 1. The van der Waals surface area contributed by atoms with Gasteiger partial charge in [0.05, 0.1) is 38.3 Å². The molecule has 34 heavy (non-hydrogen) atoms. The minimum absolute atomic E-state index is 0.0124. The number of carbonyl (C=O) groups excluding carboxylic acids is 1. The molecule has 12 nitrogen and oxygen atoms in total. The third kappa shape index (κ3) is 5.18. The van der Waals surface area contributed by atoms with Gasteiger partial charge in [-0.1, -0.05) is 12.1 Å². The number of nitrogens with zero attached hydrogens (tertiary/aromatic N) is 4. The number of hydrogen-bond donors (Lipinski definition) is 1. The summed E-state index contributed by atoms with van der Waals surface area (Å²) in [6, 6.07) is 12.6. The smallest absolute Gasteiger partial charge is 0.325 e. The van der Waals surface area contributed by atoms with Crippen LogP contribution in [-0.4, -0.2) is 42.6 Å². The van der Waals surface area contributed by atoms with Crippen LogP contribution in [0.25, 0.3) is 21.8 Å². The van der Waals surface area contributed by atoms with Gasteiger partial charge in [0.2, 0.25) is 0 Å². The number of nitro benzene ring substituents is 2. The van der Waals surface area contributed by atoms with Crippen LogP contribution in [0.1, 0.15) is 6.92 Å². The summed E-state index contributed by atoms with van der Waals surface area (Å²) in [5.41, 5.74) is 1.23. The third-order valence-corrected chi connectivity index (χ3v) is 4.89. The molecule has 0 atom stereocenters. The fourth-order valence-corrected chi connectivity index (χ4v) is 3.50. The van der Waals surface area contributed by atoms with Crippen molar-refractivity contribution in [2.45, 2.75) is 20.0 Å². The molecule has 0 aliphatic heterocycles. The van der Waals surface area contributed by atoms with Crippen molar-refractivity contribution in [3.8, 4) is 0 Å². The number of ether oxygens (including phenoxy) is 1. The summed E-state index contributed by atoms with van der Waals surface area (Å²) >= 11 is 0. The molecule has 0 aliphatic rings. The van der Waals surface area contributed by atoms with Crippen LogP contribution in [0.3, 0.4) is 0 Å². The van der Waals surface area contributed by atoms with Gasteiger partial charge in [-0.15, -0.1) is 0 Å². The molecule has 0 amide bonds. The van der Waals surface area contributed by atoms with E-state index in [1.807, 2.05) is 0 Å². The summed E-state index contributed by atoms with van der Waals surface area (Å²) in [4.78, 5) is 42.6. The molecule has 0 aliphatic carbocycles. The van der Waals surface area contributed by atoms with E-state index >= 15 is 0 Å². The molecule has 12 heteroatoms. The Labute approximate surface area is 191 Å². The van der Waals surface area contributed by atoms with Gasteiger partial charge in [-0.2, -0.15) is 0 Å². The molecule has 2 heterocycles. The summed E-state index contributed by atoms with van der Waals surface area (Å²) in [6.07, 6.45) is 3.18. The van der Waals surface area contributed by atoms with E-state index in [-0.39, 0.29) is 30.4 Å². The quantitative estimate of drug-likeness (QED) is 0.244. The van der Waals surface area contributed by atoms with Crippen molar-refractivity contribution in [1.82, 2.24) is 9.13 Å². The Kier molecular flexibility index (Phi) is 7.21. The van der Waals surface area contributed by atoms with Crippen molar-refractivity contribution >= 4 is 45.1 Å². The second kappa shape index (κ2) is 10.3. The number of aromatic nitrogens is 2. The molecule has 0 saturated carbocycles. The molecular formula is C22H20N4O8. The van der Waals surface area contributed by atoms with Gasteiger partial charge in [0.15, 0.2) is 0 Å². The number of nitro groups is 2. The summed E-state index contributed by atoms with van der Waals surface area (Å²) in [6.45, 7) is 1.90. The second-order valence-corrected chi connectivity index (χ2v) is 7.02. The first-order chi connectivity index (χ1) is 16.2. The normalized spacial score (nSPS) is 10.5. The van der Waals surface area contributed by atoms with Crippen LogP contribution in [0.4, 0.5) is 11.4 Å². The van der Waals surface area contributed by atoms with E-state index in [4.69, 9.17) is 9.84 Å². The standard InChI is InChI=1S/C12H12N2O4.C10H8N2O4/c1-2-18-12(15)8-13-7-6-9-10(13)4-3-5-11(9)14(16)17;13-10(14)6-11-5-4-7-8(11)2-1-3-9(7)12(15)16/h3-7H,2,8H2,1H3;1-5H,6H2,(H,13,14). The molecule has 4 rings (SSSR count). The highest BCUT2D eigenvalue weighted by Crippen LogP contribution is 2.27. The Bertz CT molecular complexity index is 1390. The monoisotopic (exact) mass is 468 g/mol. The van der Waals surface area contributed by atoms with E-state index in [1.54, 1.807) is 54.1 Å². The molecule has 1 N–H and O–H groups in total. The molecule has 4 aromatic rings. The van der Waals surface area contributed by atoms with Crippen molar-refractivity contribution < 1.29 is 29.3 Å². The summed E-state index contributed by atoms with van der Waals surface area (Å²) in [5.74, 6) is -1.34. The summed E-state index contributed by atoms with van der Waals surface area (Å²) in [7, 11) is 0. The first-order valence-electron chi connectivity index (χ1n) is 10.0. The van der Waals surface area contributed by atoms with Gasteiger partial charge < -0.3 is 19.0 Å². The van der Waals surface area contributed by atoms with Crippen molar-refractivity contribution in [3.63, 3.8) is 0 Å². The van der Waals surface area contributed by atoms with Gasteiger partial charge in [0.1, 0.15) is 13.1 Å². The zero-order chi connectivity index (χ0) is 24.8. The van der Waals surface area contributed by atoms with Gasteiger partial charge in [-0.25, -0.2) is 0 Å². The Morgan fingerprint density at radius 1 is 0.853 bits per heavy atom. The number of non-ortho nitro benzene ring substituents is 2. The number of benzene rings is 2.